The zero-order chi connectivity index (χ0) is 32.5. The molecule has 2 rings (SSSR count). The summed E-state index contributed by atoms with van der Waals surface area (Å²) in [7, 11) is 1.81. The number of carbonyl (C=O) groups excluding carboxylic acids is 4. The van der Waals surface area contributed by atoms with E-state index in [1.807, 2.05) is 20.9 Å². The maximum Gasteiger partial charge on any atom is 0.342 e. The second kappa shape index (κ2) is 19.3. The number of benzene rings is 1. The van der Waals surface area contributed by atoms with E-state index < -0.39 is 29.2 Å². The van der Waals surface area contributed by atoms with E-state index in [1.165, 1.54) is 25.6 Å². The minimum absolute atomic E-state index is 0.135. The van der Waals surface area contributed by atoms with Gasteiger partial charge in [-0.2, -0.15) is 9.97 Å². The summed E-state index contributed by atoms with van der Waals surface area (Å²) in [6, 6.07) is 5.23. The molecule has 44 heavy (non-hydrogen) atoms. The topological polar surface area (TPSA) is 174 Å². The van der Waals surface area contributed by atoms with Crippen molar-refractivity contribution in [2.45, 2.75) is 76.7 Å². The number of ether oxygens (including phenoxy) is 1. The molecule has 13 heteroatoms. The van der Waals surface area contributed by atoms with Gasteiger partial charge in [0.1, 0.15) is 24.9 Å². The number of aromatic nitrogens is 2. The third-order valence-corrected chi connectivity index (χ3v) is 7.03. The van der Waals surface area contributed by atoms with E-state index >= 15 is 0 Å². The molecular formula is C31H42N6O6S. The summed E-state index contributed by atoms with van der Waals surface area (Å²) in [6.07, 6.45) is 6.66. The molecule has 1 heterocycles. The molecule has 238 valence electrons. The largest absolute Gasteiger partial charge is 0.609 e. The van der Waals surface area contributed by atoms with Gasteiger partial charge in [-0.25, -0.2) is 0 Å². The number of hydrogen-bond donors (Lipinski definition) is 4. The first-order valence-electron chi connectivity index (χ1n) is 14.4. The van der Waals surface area contributed by atoms with Crippen molar-refractivity contribution in [3.05, 3.63) is 47.8 Å². The number of anilines is 1. The summed E-state index contributed by atoms with van der Waals surface area (Å²) >= 11 is -1.26. The van der Waals surface area contributed by atoms with Crippen LogP contribution >= 0.6 is 0 Å². The summed E-state index contributed by atoms with van der Waals surface area (Å²) in [4.78, 5) is 58.2. The molecule has 0 saturated carbocycles. The van der Waals surface area contributed by atoms with Crippen molar-refractivity contribution < 1.29 is 28.5 Å². The lowest BCUT2D eigenvalue weighted by Gasteiger charge is -2.25. The van der Waals surface area contributed by atoms with E-state index in [1.54, 1.807) is 24.3 Å². The monoisotopic (exact) mass is 626 g/mol. The molecule has 1 aromatic heterocycles. The molecule has 0 fully saturated rings. The Morgan fingerprint density at radius 1 is 1.02 bits per heavy atom. The minimum Gasteiger partial charge on any atom is -0.609 e. The highest BCUT2D eigenvalue weighted by Crippen LogP contribution is 2.13. The van der Waals surface area contributed by atoms with Crippen molar-refractivity contribution >= 4 is 40.6 Å². The Labute approximate surface area is 262 Å². The Hall–Kier alpha value is -3.99. The first kappa shape index (κ1) is 36.2. The predicted molar refractivity (Wildman–Crippen MR) is 167 cm³/mol. The maximum atomic E-state index is 13.3. The van der Waals surface area contributed by atoms with Crippen LogP contribution in [-0.4, -0.2) is 70.1 Å². The van der Waals surface area contributed by atoms with Crippen LogP contribution in [-0.2, 0) is 41.7 Å². The average molecular weight is 627 g/mol. The minimum atomic E-state index is -1.26. The van der Waals surface area contributed by atoms with E-state index in [4.69, 9.17) is 4.74 Å². The van der Waals surface area contributed by atoms with Crippen molar-refractivity contribution in [2.24, 2.45) is 5.92 Å². The van der Waals surface area contributed by atoms with Crippen LogP contribution < -0.4 is 21.3 Å². The van der Waals surface area contributed by atoms with E-state index in [9.17, 15) is 23.7 Å². The molecule has 12 nitrogen and oxygen atoms in total. The second-order valence-electron chi connectivity index (χ2n) is 10.4. The highest BCUT2D eigenvalue weighted by atomic mass is 32.2. The van der Waals surface area contributed by atoms with Crippen LogP contribution in [0.25, 0.3) is 0 Å². The Balaban J connectivity index is 1.93. The van der Waals surface area contributed by atoms with Gasteiger partial charge in [0.05, 0.1) is 18.0 Å². The first-order chi connectivity index (χ1) is 21.0. The molecule has 0 bridgehead atoms. The third-order valence-electron chi connectivity index (χ3n) is 6.31. The van der Waals surface area contributed by atoms with E-state index in [-0.39, 0.29) is 41.9 Å². The third kappa shape index (κ3) is 13.5. The lowest BCUT2D eigenvalue weighted by Crippen LogP contribution is -2.54. The van der Waals surface area contributed by atoms with Crippen LogP contribution in [0.3, 0.4) is 0 Å². The Morgan fingerprint density at radius 3 is 2.30 bits per heavy atom. The first-order valence-corrected chi connectivity index (χ1v) is 16.0. The molecule has 0 aliphatic carbocycles. The number of carbonyl (C=O) groups is 4. The number of nitrogens with zero attached hydrogens (tertiary/aromatic N) is 2. The van der Waals surface area contributed by atoms with E-state index in [2.05, 4.69) is 43.1 Å². The van der Waals surface area contributed by atoms with Crippen molar-refractivity contribution in [2.75, 3.05) is 25.2 Å². The van der Waals surface area contributed by atoms with Gasteiger partial charge in [-0.1, -0.05) is 37.8 Å². The molecule has 0 radical (unpaired) electrons. The molecule has 0 saturated heterocycles. The van der Waals surface area contributed by atoms with Gasteiger partial charge in [-0.15, -0.1) is 0 Å². The van der Waals surface area contributed by atoms with Gasteiger partial charge in [-0.3, -0.25) is 19.2 Å². The van der Waals surface area contributed by atoms with Gasteiger partial charge in [0, 0.05) is 36.6 Å². The molecule has 2 unspecified atom stereocenters. The number of esters is 1. The zero-order valence-electron chi connectivity index (χ0n) is 25.9. The lowest BCUT2D eigenvalue weighted by atomic mass is 10.0. The predicted octanol–water partition coefficient (Wildman–Crippen LogP) is 2.06. The fourth-order valence-corrected chi connectivity index (χ4v) is 4.33. The molecule has 4 N–H and O–H groups in total. The van der Waals surface area contributed by atoms with Gasteiger partial charge in [-0.05, 0) is 56.5 Å². The zero-order valence-corrected chi connectivity index (χ0v) is 26.7. The molecule has 3 atom stereocenters. The van der Waals surface area contributed by atoms with Crippen LogP contribution in [0.2, 0.25) is 0 Å². The number of nitrogens with one attached hydrogen (secondary N) is 4. The van der Waals surface area contributed by atoms with Gasteiger partial charge in [0.25, 0.3) is 0 Å². The van der Waals surface area contributed by atoms with Gasteiger partial charge in [0.15, 0.2) is 0 Å². The molecule has 0 aliphatic heterocycles. The number of rotatable bonds is 16. The van der Waals surface area contributed by atoms with Crippen LogP contribution in [0.5, 0.6) is 0 Å². The van der Waals surface area contributed by atoms with Crippen LogP contribution in [0.4, 0.5) is 5.69 Å². The average Bonchev–Trinajstić information content (AvgIpc) is 2.98. The summed E-state index contributed by atoms with van der Waals surface area (Å²) in [6.45, 7) is 5.78. The van der Waals surface area contributed by atoms with E-state index in [0.29, 0.717) is 43.5 Å². The summed E-state index contributed by atoms with van der Waals surface area (Å²) in [5.74, 6) is 4.18. The van der Waals surface area contributed by atoms with Crippen LogP contribution in [0, 0.1) is 17.8 Å². The molecule has 1 aromatic carbocycles. The second-order valence-corrected chi connectivity index (χ2v) is 11.7. The fourth-order valence-electron chi connectivity index (χ4n) is 3.92. The standard InChI is InChI=1S/C31H42N6O6S/c1-21(2)28(37-27(39)12-8-6-7-10-24-18-33-31(34-19-24)44(5)42)30(41)36-26(11-9-17-32-4)29(40)35-25-15-13-23(14-16-25)20-43-22(3)38/h13-16,18-19,21,26,28,32H,6,8-9,11-12,17,20H2,1-5H3,(H,35,40)(H,36,41)(H,37,39)/t26-,28?,44?/m0/s1. The Morgan fingerprint density at radius 2 is 1.70 bits per heavy atom. The summed E-state index contributed by atoms with van der Waals surface area (Å²) in [5.41, 5.74) is 1.90. The quantitative estimate of drug-likeness (QED) is 0.0715. The summed E-state index contributed by atoms with van der Waals surface area (Å²) < 4.78 is 16.4. The maximum absolute atomic E-state index is 13.3. The van der Waals surface area contributed by atoms with Crippen molar-refractivity contribution in [3.8, 4) is 11.8 Å². The molecule has 0 aliphatic rings. The number of hydrogen-bond acceptors (Lipinski definition) is 9. The SMILES string of the molecule is CNCCC[C@H](NC(=O)C(NC(=O)CCCC#Cc1cnc([S+](C)[O-])nc1)C(C)C)C(=O)Nc1ccc(COC(C)=O)cc1. The smallest absolute Gasteiger partial charge is 0.342 e. The van der Waals surface area contributed by atoms with Gasteiger partial charge in [0.2, 0.25) is 17.7 Å². The molecule has 2 aromatic rings. The van der Waals surface area contributed by atoms with Crippen molar-refractivity contribution in [1.29, 1.82) is 0 Å². The highest BCUT2D eigenvalue weighted by molar-refractivity contribution is 7.90. The van der Waals surface area contributed by atoms with Crippen LogP contribution in [0.15, 0.2) is 41.8 Å². The normalized spacial score (nSPS) is 12.7. The van der Waals surface area contributed by atoms with Gasteiger partial charge >= 0.3 is 11.1 Å². The summed E-state index contributed by atoms with van der Waals surface area (Å²) in [5, 5.41) is 11.7. The molecular weight excluding hydrogens is 584 g/mol. The fraction of sp³-hybridized carbons (Fsp3) is 0.484. The lowest BCUT2D eigenvalue weighted by molar-refractivity contribution is -0.142. The Bertz CT molecular complexity index is 1290. The van der Waals surface area contributed by atoms with Crippen molar-refractivity contribution in [3.63, 3.8) is 0 Å². The van der Waals surface area contributed by atoms with Crippen molar-refractivity contribution in [1.82, 2.24) is 25.9 Å². The molecule has 3 amide bonds. The number of unbranched alkanes of at least 4 members (excludes halogenated alkanes) is 1. The van der Waals surface area contributed by atoms with Gasteiger partial charge < -0.3 is 30.6 Å². The van der Waals surface area contributed by atoms with Crippen LogP contribution in [0.1, 0.15) is 64.0 Å². The van der Waals surface area contributed by atoms with E-state index in [0.717, 1.165) is 5.56 Å². The Kier molecular flexibility index (Phi) is 15.9. The number of amides is 3. The highest BCUT2D eigenvalue weighted by Gasteiger charge is 2.28. The molecule has 0 spiro atoms.